The van der Waals surface area contributed by atoms with E-state index in [-0.39, 0.29) is 11.2 Å². The van der Waals surface area contributed by atoms with Crippen LogP contribution in [0.1, 0.15) is 33.3 Å². The first kappa shape index (κ1) is 11.2. The Kier molecular flexibility index (Phi) is 2.56. The van der Waals surface area contributed by atoms with Gasteiger partial charge in [0, 0.05) is 5.56 Å². The maximum atomic E-state index is 5.80. The Morgan fingerprint density at radius 2 is 1.69 bits per heavy atom. The number of rotatable bonds is 1. The van der Waals surface area contributed by atoms with E-state index in [1.807, 2.05) is 30.3 Å². The first-order valence-corrected chi connectivity index (χ1v) is 5.76. The molecule has 0 saturated carbocycles. The minimum absolute atomic E-state index is 0.108. The second-order valence-corrected chi connectivity index (χ2v) is 5.12. The number of hydrogen-bond donors (Lipinski definition) is 0. The molecule has 1 nitrogen and oxygen atoms in total. The molecule has 0 spiro atoms. The zero-order valence-corrected chi connectivity index (χ0v) is 10.4. The molecule has 1 heterocycles. The molecule has 2 rings (SSSR count). The second kappa shape index (κ2) is 3.64. The van der Waals surface area contributed by atoms with Crippen molar-refractivity contribution >= 4 is 0 Å². The van der Waals surface area contributed by atoms with Crippen molar-refractivity contribution in [1.82, 2.24) is 0 Å². The molecule has 84 valence electrons. The van der Waals surface area contributed by atoms with Crippen LogP contribution in [-0.4, -0.2) is 11.2 Å². The van der Waals surface area contributed by atoms with E-state index in [0.717, 1.165) is 5.56 Å². The fourth-order valence-electron chi connectivity index (χ4n) is 2.20. The topological polar surface area (TPSA) is 12.5 Å². The van der Waals surface area contributed by atoms with Crippen LogP contribution in [0.25, 0.3) is 0 Å². The van der Waals surface area contributed by atoms with Gasteiger partial charge in [-0.3, -0.25) is 0 Å². The van der Waals surface area contributed by atoms with E-state index in [2.05, 4.69) is 39.5 Å². The third-order valence-corrected chi connectivity index (χ3v) is 3.25. The predicted octanol–water partition coefficient (Wildman–Crippen LogP) is 3.24. The summed E-state index contributed by atoms with van der Waals surface area (Å²) >= 11 is 0. The molecule has 0 radical (unpaired) electrons. The van der Waals surface area contributed by atoms with Crippen molar-refractivity contribution in [2.45, 2.75) is 38.9 Å². The average Bonchev–Trinajstić information content (AvgIpc) is 2.81. The molecule has 1 fully saturated rings. The highest BCUT2D eigenvalue weighted by Crippen LogP contribution is 2.52. The summed E-state index contributed by atoms with van der Waals surface area (Å²) in [6.07, 6.45) is 0. The van der Waals surface area contributed by atoms with Gasteiger partial charge >= 0.3 is 0 Å². The number of epoxide rings is 1. The van der Waals surface area contributed by atoms with Gasteiger partial charge in [0.15, 0.2) is 5.60 Å². The maximum absolute atomic E-state index is 5.80. The van der Waals surface area contributed by atoms with Crippen LogP contribution in [-0.2, 0) is 4.74 Å². The van der Waals surface area contributed by atoms with Gasteiger partial charge in [-0.2, -0.15) is 0 Å². The summed E-state index contributed by atoms with van der Waals surface area (Å²) in [6, 6.07) is 10.1. The molecule has 0 bridgehead atoms. The lowest BCUT2D eigenvalue weighted by atomic mass is 9.86. The molecule has 1 heteroatoms. The van der Waals surface area contributed by atoms with E-state index in [1.54, 1.807) is 0 Å². The SMILES string of the molecule is CC(C)C1(C#Cc2ccccc2)OC1(C)C. The smallest absolute Gasteiger partial charge is 0.160 e. The Bertz CT molecular complexity index is 433. The van der Waals surface area contributed by atoms with Gasteiger partial charge in [-0.05, 0) is 31.9 Å². The first-order chi connectivity index (χ1) is 7.48. The minimum Gasteiger partial charge on any atom is -0.349 e. The Morgan fingerprint density at radius 1 is 1.12 bits per heavy atom. The van der Waals surface area contributed by atoms with Crippen molar-refractivity contribution in [2.24, 2.45) is 5.92 Å². The summed E-state index contributed by atoms with van der Waals surface area (Å²) in [5.41, 5.74) is 0.681. The van der Waals surface area contributed by atoms with Gasteiger partial charge in [0.2, 0.25) is 0 Å². The summed E-state index contributed by atoms with van der Waals surface area (Å²) in [6.45, 7) is 8.53. The van der Waals surface area contributed by atoms with Crippen LogP contribution in [0, 0.1) is 17.8 Å². The Labute approximate surface area is 97.8 Å². The molecule has 1 aromatic carbocycles. The Hall–Kier alpha value is -1.26. The number of hydrogen-bond acceptors (Lipinski definition) is 1. The predicted molar refractivity (Wildman–Crippen MR) is 66.1 cm³/mol. The van der Waals surface area contributed by atoms with Gasteiger partial charge in [0.05, 0.1) is 0 Å². The minimum atomic E-state index is -0.261. The fraction of sp³-hybridized carbons (Fsp3) is 0.467. The Balaban J connectivity index is 2.25. The summed E-state index contributed by atoms with van der Waals surface area (Å²) in [7, 11) is 0. The zero-order valence-electron chi connectivity index (χ0n) is 10.4. The van der Waals surface area contributed by atoms with Crippen LogP contribution >= 0.6 is 0 Å². The lowest BCUT2D eigenvalue weighted by molar-refractivity contribution is 0.272. The Morgan fingerprint density at radius 3 is 2.12 bits per heavy atom. The number of ether oxygens (including phenoxy) is 1. The van der Waals surface area contributed by atoms with Crippen molar-refractivity contribution < 1.29 is 4.74 Å². The molecule has 1 aromatic rings. The van der Waals surface area contributed by atoms with Crippen LogP contribution in [0.2, 0.25) is 0 Å². The molecule has 16 heavy (non-hydrogen) atoms. The van der Waals surface area contributed by atoms with Crippen molar-refractivity contribution in [1.29, 1.82) is 0 Å². The summed E-state index contributed by atoms with van der Waals surface area (Å²) < 4.78 is 5.80. The van der Waals surface area contributed by atoms with Crippen LogP contribution in [0.3, 0.4) is 0 Å². The standard InChI is InChI=1S/C15H18O/c1-12(2)15(14(3,4)16-15)11-10-13-8-6-5-7-9-13/h5-9,12H,1-4H3. The van der Waals surface area contributed by atoms with Gasteiger partial charge in [-0.25, -0.2) is 0 Å². The van der Waals surface area contributed by atoms with E-state index in [9.17, 15) is 0 Å². The van der Waals surface area contributed by atoms with Crippen LogP contribution in [0.15, 0.2) is 30.3 Å². The molecule has 0 N–H and O–H groups in total. The molecule has 1 atom stereocenters. The molecule has 1 unspecified atom stereocenters. The zero-order chi connectivity index (χ0) is 11.8. The van der Waals surface area contributed by atoms with Crippen molar-refractivity contribution in [3.63, 3.8) is 0 Å². The summed E-state index contributed by atoms with van der Waals surface area (Å²) in [4.78, 5) is 0. The monoisotopic (exact) mass is 214 g/mol. The van der Waals surface area contributed by atoms with E-state index in [4.69, 9.17) is 4.74 Å². The molecular formula is C15H18O. The van der Waals surface area contributed by atoms with Gasteiger partial charge in [-0.15, -0.1) is 0 Å². The highest BCUT2D eigenvalue weighted by Gasteiger charge is 2.64. The van der Waals surface area contributed by atoms with E-state index < -0.39 is 0 Å². The van der Waals surface area contributed by atoms with Crippen LogP contribution in [0.5, 0.6) is 0 Å². The van der Waals surface area contributed by atoms with Crippen molar-refractivity contribution in [3.05, 3.63) is 35.9 Å². The summed E-state index contributed by atoms with van der Waals surface area (Å²) in [5.74, 6) is 6.93. The van der Waals surface area contributed by atoms with E-state index in [1.165, 1.54) is 0 Å². The molecule has 0 aliphatic carbocycles. The van der Waals surface area contributed by atoms with Crippen LogP contribution < -0.4 is 0 Å². The molecule has 0 amide bonds. The molecule has 0 aromatic heterocycles. The molecule has 1 aliphatic heterocycles. The van der Waals surface area contributed by atoms with Crippen LogP contribution in [0.4, 0.5) is 0 Å². The molecule has 1 aliphatic rings. The average molecular weight is 214 g/mol. The summed E-state index contributed by atoms with van der Waals surface area (Å²) in [5, 5.41) is 0. The maximum Gasteiger partial charge on any atom is 0.160 e. The first-order valence-electron chi connectivity index (χ1n) is 5.76. The van der Waals surface area contributed by atoms with E-state index >= 15 is 0 Å². The lowest BCUT2D eigenvalue weighted by Crippen LogP contribution is -2.25. The van der Waals surface area contributed by atoms with Crippen molar-refractivity contribution in [3.8, 4) is 11.8 Å². The second-order valence-electron chi connectivity index (χ2n) is 5.12. The normalized spacial score (nSPS) is 26.1. The lowest BCUT2D eigenvalue weighted by Gasteiger charge is -2.11. The van der Waals surface area contributed by atoms with Gasteiger partial charge < -0.3 is 4.74 Å². The molecular weight excluding hydrogens is 196 g/mol. The van der Waals surface area contributed by atoms with Gasteiger partial charge in [0.1, 0.15) is 5.60 Å². The van der Waals surface area contributed by atoms with E-state index in [0.29, 0.717) is 5.92 Å². The highest BCUT2D eigenvalue weighted by atomic mass is 16.6. The van der Waals surface area contributed by atoms with Gasteiger partial charge in [-0.1, -0.05) is 43.9 Å². The quantitative estimate of drug-likeness (QED) is 0.516. The highest BCUT2D eigenvalue weighted by molar-refractivity contribution is 5.40. The third-order valence-electron chi connectivity index (χ3n) is 3.25. The third kappa shape index (κ3) is 1.74. The largest absolute Gasteiger partial charge is 0.349 e. The molecule has 1 saturated heterocycles. The van der Waals surface area contributed by atoms with Crippen molar-refractivity contribution in [2.75, 3.05) is 0 Å². The number of benzene rings is 1. The fourth-order valence-corrected chi connectivity index (χ4v) is 2.20. The van der Waals surface area contributed by atoms with Gasteiger partial charge in [0.25, 0.3) is 0 Å².